The zero-order valence-electron chi connectivity index (χ0n) is 12.2. The van der Waals surface area contributed by atoms with Gasteiger partial charge in [-0.1, -0.05) is 13.8 Å². The highest BCUT2D eigenvalue weighted by molar-refractivity contribution is 5.77. The van der Waals surface area contributed by atoms with Crippen molar-refractivity contribution in [3.63, 3.8) is 0 Å². The lowest BCUT2D eigenvalue weighted by Crippen LogP contribution is -2.42. The van der Waals surface area contributed by atoms with Crippen LogP contribution in [0.5, 0.6) is 0 Å². The zero-order valence-corrected chi connectivity index (χ0v) is 12.2. The average molecular weight is 272 g/mol. The lowest BCUT2D eigenvalue weighted by molar-refractivity contribution is -0.124. The van der Waals surface area contributed by atoms with Gasteiger partial charge in [-0.05, 0) is 25.3 Å². The molecule has 1 heterocycles. The molecule has 1 atom stereocenters. The number of hydrogen-bond acceptors (Lipinski definition) is 4. The molecule has 1 aliphatic heterocycles. The molecule has 0 bridgehead atoms. The summed E-state index contributed by atoms with van der Waals surface area (Å²) in [5.74, 6) is 0.754. The summed E-state index contributed by atoms with van der Waals surface area (Å²) >= 11 is 0. The van der Waals surface area contributed by atoms with Crippen LogP contribution in [0, 0.1) is 11.8 Å². The molecule has 1 fully saturated rings. The van der Waals surface area contributed by atoms with E-state index in [1.807, 2.05) is 13.8 Å². The SMILES string of the molecule is CC(C)C(=O)NCC1CCCN(CCOCCO)C1. The van der Waals surface area contributed by atoms with Crippen LogP contribution in [-0.4, -0.2) is 61.9 Å². The molecule has 0 saturated carbocycles. The normalized spacial score (nSPS) is 20.7. The van der Waals surface area contributed by atoms with E-state index in [1.54, 1.807) is 0 Å². The predicted octanol–water partition coefficient (Wildman–Crippen LogP) is 0.480. The number of nitrogens with zero attached hydrogens (tertiary/aromatic N) is 1. The summed E-state index contributed by atoms with van der Waals surface area (Å²) in [6.07, 6.45) is 2.37. The molecule has 1 saturated heterocycles. The summed E-state index contributed by atoms with van der Waals surface area (Å²) in [7, 11) is 0. The Balaban J connectivity index is 2.17. The van der Waals surface area contributed by atoms with Crippen LogP contribution >= 0.6 is 0 Å². The Morgan fingerprint density at radius 1 is 1.47 bits per heavy atom. The van der Waals surface area contributed by atoms with E-state index in [1.165, 1.54) is 12.8 Å². The second-order valence-corrected chi connectivity index (χ2v) is 5.54. The maximum Gasteiger partial charge on any atom is 0.222 e. The summed E-state index contributed by atoms with van der Waals surface area (Å²) in [6.45, 7) is 8.84. The molecule has 0 aromatic rings. The van der Waals surface area contributed by atoms with Crippen LogP contribution in [0.3, 0.4) is 0 Å². The predicted molar refractivity (Wildman–Crippen MR) is 74.9 cm³/mol. The molecule has 1 rings (SSSR count). The van der Waals surface area contributed by atoms with Gasteiger partial charge in [-0.15, -0.1) is 0 Å². The molecule has 0 aromatic carbocycles. The fourth-order valence-electron chi connectivity index (χ4n) is 2.33. The third-order valence-corrected chi connectivity index (χ3v) is 3.48. The first-order valence-electron chi connectivity index (χ1n) is 7.32. The number of carbonyl (C=O) groups is 1. The molecule has 0 aliphatic carbocycles. The van der Waals surface area contributed by atoms with E-state index in [-0.39, 0.29) is 18.4 Å². The fourth-order valence-corrected chi connectivity index (χ4v) is 2.33. The Labute approximate surface area is 116 Å². The van der Waals surface area contributed by atoms with Crippen molar-refractivity contribution >= 4 is 5.91 Å². The van der Waals surface area contributed by atoms with Crippen molar-refractivity contribution in [2.75, 3.05) is 46.0 Å². The summed E-state index contributed by atoms with van der Waals surface area (Å²) in [5.41, 5.74) is 0. The quantitative estimate of drug-likeness (QED) is 0.631. The number of hydrogen-bond donors (Lipinski definition) is 2. The van der Waals surface area contributed by atoms with Crippen molar-refractivity contribution in [3.8, 4) is 0 Å². The lowest BCUT2D eigenvalue weighted by Gasteiger charge is -2.32. The Hall–Kier alpha value is -0.650. The Bertz CT molecular complexity index is 259. The van der Waals surface area contributed by atoms with Crippen LogP contribution in [0.2, 0.25) is 0 Å². The average Bonchev–Trinajstić information content (AvgIpc) is 2.41. The molecule has 1 unspecified atom stereocenters. The van der Waals surface area contributed by atoms with Gasteiger partial charge in [0, 0.05) is 25.6 Å². The van der Waals surface area contributed by atoms with E-state index >= 15 is 0 Å². The standard InChI is InChI=1S/C14H28N2O3/c1-12(2)14(18)15-10-13-4-3-5-16(11-13)6-8-19-9-7-17/h12-13,17H,3-11H2,1-2H3,(H,15,18). The van der Waals surface area contributed by atoms with Gasteiger partial charge in [0.1, 0.15) is 0 Å². The maximum atomic E-state index is 11.5. The van der Waals surface area contributed by atoms with Crippen molar-refractivity contribution in [2.24, 2.45) is 11.8 Å². The number of amides is 1. The molecule has 1 amide bonds. The molecule has 0 aromatic heterocycles. The van der Waals surface area contributed by atoms with Crippen molar-refractivity contribution in [2.45, 2.75) is 26.7 Å². The lowest BCUT2D eigenvalue weighted by atomic mass is 9.98. The second-order valence-electron chi connectivity index (χ2n) is 5.54. The van der Waals surface area contributed by atoms with Gasteiger partial charge in [-0.25, -0.2) is 0 Å². The molecule has 112 valence electrons. The van der Waals surface area contributed by atoms with E-state index in [0.29, 0.717) is 19.1 Å². The van der Waals surface area contributed by atoms with Crippen LogP contribution in [0.4, 0.5) is 0 Å². The highest BCUT2D eigenvalue weighted by Gasteiger charge is 2.20. The Morgan fingerprint density at radius 2 is 2.26 bits per heavy atom. The highest BCUT2D eigenvalue weighted by atomic mass is 16.5. The van der Waals surface area contributed by atoms with Gasteiger partial charge >= 0.3 is 0 Å². The van der Waals surface area contributed by atoms with Crippen LogP contribution in [-0.2, 0) is 9.53 Å². The molecular formula is C14H28N2O3. The van der Waals surface area contributed by atoms with Gasteiger partial charge in [-0.3, -0.25) is 4.79 Å². The van der Waals surface area contributed by atoms with Crippen molar-refractivity contribution in [3.05, 3.63) is 0 Å². The Morgan fingerprint density at radius 3 is 2.95 bits per heavy atom. The number of carbonyl (C=O) groups excluding carboxylic acids is 1. The Kier molecular flexibility index (Phi) is 8.02. The number of nitrogens with one attached hydrogen (secondary N) is 1. The third-order valence-electron chi connectivity index (χ3n) is 3.48. The van der Waals surface area contributed by atoms with E-state index < -0.39 is 0 Å². The molecule has 19 heavy (non-hydrogen) atoms. The number of ether oxygens (including phenoxy) is 1. The third kappa shape index (κ3) is 6.89. The first-order chi connectivity index (χ1) is 9.13. The van der Waals surface area contributed by atoms with Crippen molar-refractivity contribution < 1.29 is 14.6 Å². The van der Waals surface area contributed by atoms with Gasteiger partial charge in [0.15, 0.2) is 0 Å². The second kappa shape index (κ2) is 9.28. The van der Waals surface area contributed by atoms with Crippen LogP contribution < -0.4 is 5.32 Å². The summed E-state index contributed by atoms with van der Waals surface area (Å²) < 4.78 is 5.29. The minimum absolute atomic E-state index is 0.0616. The molecule has 1 aliphatic rings. The molecule has 0 spiro atoms. The summed E-state index contributed by atoms with van der Waals surface area (Å²) in [6, 6.07) is 0. The van der Waals surface area contributed by atoms with Gasteiger partial charge in [0.25, 0.3) is 0 Å². The van der Waals surface area contributed by atoms with Crippen LogP contribution in [0.15, 0.2) is 0 Å². The maximum absolute atomic E-state index is 11.5. The first-order valence-corrected chi connectivity index (χ1v) is 7.32. The molecule has 0 radical (unpaired) electrons. The zero-order chi connectivity index (χ0) is 14.1. The van der Waals surface area contributed by atoms with E-state index in [0.717, 1.165) is 26.2 Å². The number of aliphatic hydroxyl groups is 1. The first kappa shape index (κ1) is 16.4. The van der Waals surface area contributed by atoms with Gasteiger partial charge in [0.05, 0.1) is 19.8 Å². The van der Waals surface area contributed by atoms with Crippen molar-refractivity contribution in [1.29, 1.82) is 0 Å². The molecule has 5 nitrogen and oxygen atoms in total. The number of likely N-dealkylation sites (tertiary alicyclic amines) is 1. The topological polar surface area (TPSA) is 61.8 Å². The minimum Gasteiger partial charge on any atom is -0.394 e. The van der Waals surface area contributed by atoms with Gasteiger partial charge < -0.3 is 20.1 Å². The van der Waals surface area contributed by atoms with Gasteiger partial charge in [0.2, 0.25) is 5.91 Å². The fraction of sp³-hybridized carbons (Fsp3) is 0.929. The largest absolute Gasteiger partial charge is 0.394 e. The highest BCUT2D eigenvalue weighted by Crippen LogP contribution is 2.15. The number of piperidine rings is 1. The molecule has 2 N–H and O–H groups in total. The molecular weight excluding hydrogens is 244 g/mol. The monoisotopic (exact) mass is 272 g/mol. The van der Waals surface area contributed by atoms with Crippen molar-refractivity contribution in [1.82, 2.24) is 10.2 Å². The van der Waals surface area contributed by atoms with Crippen LogP contribution in [0.25, 0.3) is 0 Å². The van der Waals surface area contributed by atoms with Crippen LogP contribution in [0.1, 0.15) is 26.7 Å². The summed E-state index contributed by atoms with van der Waals surface area (Å²) in [5, 5.41) is 11.7. The number of aliphatic hydroxyl groups excluding tert-OH is 1. The number of rotatable bonds is 8. The van der Waals surface area contributed by atoms with E-state index in [9.17, 15) is 4.79 Å². The smallest absolute Gasteiger partial charge is 0.222 e. The summed E-state index contributed by atoms with van der Waals surface area (Å²) in [4.78, 5) is 13.9. The minimum atomic E-state index is 0.0616. The van der Waals surface area contributed by atoms with Gasteiger partial charge in [-0.2, -0.15) is 0 Å². The van der Waals surface area contributed by atoms with E-state index in [2.05, 4.69) is 10.2 Å². The molecule has 5 heteroatoms. The van der Waals surface area contributed by atoms with E-state index in [4.69, 9.17) is 9.84 Å².